The van der Waals surface area contributed by atoms with E-state index in [2.05, 4.69) is 57.1 Å². The molecule has 0 unspecified atom stereocenters. The van der Waals surface area contributed by atoms with Gasteiger partial charge in [0.25, 0.3) is 0 Å². The average Bonchev–Trinajstić information content (AvgIpc) is 2.28. The van der Waals surface area contributed by atoms with Crippen LogP contribution in [0.4, 0.5) is 0 Å². The van der Waals surface area contributed by atoms with Crippen LogP contribution in [0.25, 0.3) is 0 Å². The SMILES string of the molecule is CCOc1c(Br)cc(Br)cc1CNCCC(C)C. The summed E-state index contributed by atoms with van der Waals surface area (Å²) in [5, 5.41) is 3.46. The van der Waals surface area contributed by atoms with Crippen LogP contribution in [0.15, 0.2) is 21.1 Å². The molecular weight excluding hydrogens is 358 g/mol. The maximum atomic E-state index is 5.69. The second-order valence-corrected chi connectivity index (χ2v) is 6.44. The van der Waals surface area contributed by atoms with Crippen molar-refractivity contribution in [3.8, 4) is 5.75 Å². The molecule has 4 heteroatoms. The molecule has 2 nitrogen and oxygen atoms in total. The molecule has 1 aromatic carbocycles. The zero-order valence-corrected chi connectivity index (χ0v) is 14.4. The van der Waals surface area contributed by atoms with E-state index in [4.69, 9.17) is 4.74 Å². The van der Waals surface area contributed by atoms with Crippen LogP contribution in [0, 0.1) is 5.92 Å². The van der Waals surface area contributed by atoms with Crippen LogP contribution in [-0.4, -0.2) is 13.2 Å². The minimum absolute atomic E-state index is 0.680. The number of nitrogens with one attached hydrogen (secondary N) is 1. The molecule has 0 amide bonds. The Labute approximate surface area is 127 Å². The fourth-order valence-electron chi connectivity index (χ4n) is 1.66. The Morgan fingerprint density at radius 2 is 2.00 bits per heavy atom. The Morgan fingerprint density at radius 3 is 2.61 bits per heavy atom. The van der Waals surface area contributed by atoms with Gasteiger partial charge in [0, 0.05) is 16.6 Å². The van der Waals surface area contributed by atoms with Gasteiger partial charge in [0.05, 0.1) is 11.1 Å². The Morgan fingerprint density at radius 1 is 1.28 bits per heavy atom. The minimum Gasteiger partial charge on any atom is -0.492 e. The molecule has 0 aliphatic carbocycles. The molecular formula is C14H21Br2NO. The first-order valence-electron chi connectivity index (χ1n) is 6.36. The molecule has 0 heterocycles. The highest BCUT2D eigenvalue weighted by molar-refractivity contribution is 9.11. The summed E-state index contributed by atoms with van der Waals surface area (Å²) in [5.41, 5.74) is 1.18. The first-order valence-corrected chi connectivity index (χ1v) is 7.94. The number of rotatable bonds is 7. The number of ether oxygens (including phenoxy) is 1. The summed E-state index contributed by atoms with van der Waals surface area (Å²) in [6.07, 6.45) is 1.19. The quantitative estimate of drug-likeness (QED) is 0.691. The van der Waals surface area contributed by atoms with Gasteiger partial charge in [-0.15, -0.1) is 0 Å². The molecule has 0 spiro atoms. The molecule has 0 bridgehead atoms. The highest BCUT2D eigenvalue weighted by Crippen LogP contribution is 2.32. The van der Waals surface area contributed by atoms with Gasteiger partial charge in [-0.1, -0.05) is 29.8 Å². The highest BCUT2D eigenvalue weighted by atomic mass is 79.9. The van der Waals surface area contributed by atoms with Crippen molar-refractivity contribution in [2.75, 3.05) is 13.2 Å². The summed E-state index contributed by atoms with van der Waals surface area (Å²) in [6.45, 7) is 9.03. The van der Waals surface area contributed by atoms with Crippen LogP contribution >= 0.6 is 31.9 Å². The van der Waals surface area contributed by atoms with Gasteiger partial charge < -0.3 is 10.1 Å². The van der Waals surface area contributed by atoms with Crippen LogP contribution in [0.3, 0.4) is 0 Å². The topological polar surface area (TPSA) is 21.3 Å². The molecule has 0 aliphatic heterocycles. The molecule has 0 aliphatic rings. The predicted molar refractivity (Wildman–Crippen MR) is 84.2 cm³/mol. The van der Waals surface area contributed by atoms with Crippen molar-refractivity contribution in [3.63, 3.8) is 0 Å². The third-order valence-corrected chi connectivity index (χ3v) is 3.63. The lowest BCUT2D eigenvalue weighted by molar-refractivity contribution is 0.333. The summed E-state index contributed by atoms with van der Waals surface area (Å²) < 4.78 is 7.76. The summed E-state index contributed by atoms with van der Waals surface area (Å²) >= 11 is 7.07. The van der Waals surface area contributed by atoms with Gasteiger partial charge in [0.1, 0.15) is 5.75 Å². The maximum absolute atomic E-state index is 5.69. The van der Waals surface area contributed by atoms with Crippen molar-refractivity contribution in [1.29, 1.82) is 0 Å². The molecule has 1 aromatic rings. The molecule has 102 valence electrons. The van der Waals surface area contributed by atoms with E-state index in [9.17, 15) is 0 Å². The number of halogens is 2. The largest absolute Gasteiger partial charge is 0.492 e. The molecule has 0 saturated heterocycles. The van der Waals surface area contributed by atoms with Crippen LogP contribution in [0.2, 0.25) is 0 Å². The third-order valence-electron chi connectivity index (χ3n) is 2.59. The molecule has 0 aromatic heterocycles. The number of hydrogen-bond donors (Lipinski definition) is 1. The fourth-order valence-corrected chi connectivity index (χ4v) is 3.09. The number of benzene rings is 1. The van der Waals surface area contributed by atoms with Crippen LogP contribution in [-0.2, 0) is 6.54 Å². The Bertz CT molecular complexity index is 380. The fraction of sp³-hybridized carbons (Fsp3) is 0.571. The Balaban J connectivity index is 2.67. The zero-order chi connectivity index (χ0) is 13.5. The van der Waals surface area contributed by atoms with Gasteiger partial charge in [-0.2, -0.15) is 0 Å². The molecule has 0 radical (unpaired) electrons. The second-order valence-electron chi connectivity index (χ2n) is 4.67. The van der Waals surface area contributed by atoms with Crippen LogP contribution in [0.1, 0.15) is 32.8 Å². The van der Waals surface area contributed by atoms with Gasteiger partial charge in [-0.05, 0) is 53.9 Å². The van der Waals surface area contributed by atoms with E-state index in [-0.39, 0.29) is 0 Å². The first-order chi connectivity index (χ1) is 8.54. The zero-order valence-electron chi connectivity index (χ0n) is 11.2. The molecule has 0 atom stereocenters. The third kappa shape index (κ3) is 5.29. The number of hydrogen-bond acceptors (Lipinski definition) is 2. The second kappa shape index (κ2) is 8.18. The molecule has 0 fully saturated rings. The highest BCUT2D eigenvalue weighted by Gasteiger charge is 2.09. The summed E-state index contributed by atoms with van der Waals surface area (Å²) in [7, 11) is 0. The van der Waals surface area contributed by atoms with Crippen molar-refractivity contribution in [1.82, 2.24) is 5.32 Å². The molecule has 1 N–H and O–H groups in total. The smallest absolute Gasteiger partial charge is 0.138 e. The summed E-state index contributed by atoms with van der Waals surface area (Å²) in [5.74, 6) is 1.68. The van der Waals surface area contributed by atoms with Gasteiger partial charge in [0.15, 0.2) is 0 Å². The minimum atomic E-state index is 0.680. The van der Waals surface area contributed by atoms with Crippen molar-refractivity contribution in [2.24, 2.45) is 5.92 Å². The monoisotopic (exact) mass is 377 g/mol. The molecule has 1 rings (SSSR count). The Hall–Kier alpha value is -0.0600. The van der Waals surface area contributed by atoms with Gasteiger partial charge in [-0.25, -0.2) is 0 Å². The van der Waals surface area contributed by atoms with E-state index in [0.29, 0.717) is 6.61 Å². The van der Waals surface area contributed by atoms with E-state index < -0.39 is 0 Å². The van der Waals surface area contributed by atoms with Crippen LogP contribution in [0.5, 0.6) is 5.75 Å². The molecule has 0 saturated carbocycles. The van der Waals surface area contributed by atoms with E-state index in [1.165, 1.54) is 12.0 Å². The van der Waals surface area contributed by atoms with Gasteiger partial charge in [-0.3, -0.25) is 0 Å². The van der Waals surface area contributed by atoms with Gasteiger partial charge in [0.2, 0.25) is 0 Å². The lowest BCUT2D eigenvalue weighted by Crippen LogP contribution is -2.17. The summed E-state index contributed by atoms with van der Waals surface area (Å²) in [4.78, 5) is 0. The average molecular weight is 379 g/mol. The van der Waals surface area contributed by atoms with E-state index in [1.54, 1.807) is 0 Å². The van der Waals surface area contributed by atoms with E-state index in [1.807, 2.05) is 13.0 Å². The first kappa shape index (κ1) is 16.0. The van der Waals surface area contributed by atoms with E-state index in [0.717, 1.165) is 33.7 Å². The maximum Gasteiger partial charge on any atom is 0.138 e. The normalized spacial score (nSPS) is 11.0. The van der Waals surface area contributed by atoms with Crippen molar-refractivity contribution in [2.45, 2.75) is 33.7 Å². The van der Waals surface area contributed by atoms with Crippen LogP contribution < -0.4 is 10.1 Å². The van der Waals surface area contributed by atoms with E-state index >= 15 is 0 Å². The Kier molecular flexibility index (Phi) is 7.27. The van der Waals surface area contributed by atoms with Crippen molar-refractivity contribution in [3.05, 3.63) is 26.6 Å². The summed E-state index contributed by atoms with van der Waals surface area (Å²) in [6, 6.07) is 4.13. The molecule has 18 heavy (non-hydrogen) atoms. The van der Waals surface area contributed by atoms with Crippen molar-refractivity contribution >= 4 is 31.9 Å². The lowest BCUT2D eigenvalue weighted by Gasteiger charge is -2.14. The van der Waals surface area contributed by atoms with Crippen molar-refractivity contribution < 1.29 is 4.74 Å². The predicted octanol–water partition coefficient (Wildman–Crippen LogP) is 4.75. The van der Waals surface area contributed by atoms with Gasteiger partial charge >= 0.3 is 0 Å². The standard InChI is InChI=1S/C14H21Br2NO/c1-4-18-14-11(7-12(15)8-13(14)16)9-17-6-5-10(2)3/h7-8,10,17H,4-6,9H2,1-3H3. The lowest BCUT2D eigenvalue weighted by atomic mass is 10.1.